The number of halogens is 3. The van der Waals surface area contributed by atoms with Gasteiger partial charge in [-0.2, -0.15) is 22.7 Å². The van der Waals surface area contributed by atoms with Crippen molar-refractivity contribution in [3.8, 4) is 6.07 Å². The van der Waals surface area contributed by atoms with E-state index in [4.69, 9.17) is 11.0 Å². The molecule has 1 aromatic rings. The molecule has 0 radical (unpaired) electrons. The van der Waals surface area contributed by atoms with Gasteiger partial charge in [-0.15, -0.1) is 0 Å². The van der Waals surface area contributed by atoms with Gasteiger partial charge in [0.05, 0.1) is 22.1 Å². The Kier molecular flexibility index (Phi) is 4.47. The van der Waals surface area contributed by atoms with Gasteiger partial charge in [0.15, 0.2) is 0 Å². The zero-order valence-corrected chi connectivity index (χ0v) is 12.3. The van der Waals surface area contributed by atoms with Crippen molar-refractivity contribution >= 4 is 10.0 Å². The predicted octanol–water partition coefficient (Wildman–Crippen LogP) is 1.69. The number of sulfonamides is 1. The number of piperidine rings is 1. The van der Waals surface area contributed by atoms with E-state index in [9.17, 15) is 21.6 Å². The van der Waals surface area contributed by atoms with Gasteiger partial charge in [0.2, 0.25) is 10.0 Å². The van der Waals surface area contributed by atoms with Crippen LogP contribution in [0.3, 0.4) is 0 Å². The van der Waals surface area contributed by atoms with Gasteiger partial charge in [0, 0.05) is 19.1 Å². The van der Waals surface area contributed by atoms with Crippen LogP contribution in [0.1, 0.15) is 24.0 Å². The molecule has 120 valence electrons. The van der Waals surface area contributed by atoms with E-state index in [2.05, 4.69) is 0 Å². The van der Waals surface area contributed by atoms with Crippen LogP contribution < -0.4 is 5.73 Å². The molecule has 0 aromatic heterocycles. The number of alkyl halides is 3. The smallest absolute Gasteiger partial charge is 0.327 e. The second kappa shape index (κ2) is 5.87. The summed E-state index contributed by atoms with van der Waals surface area (Å²) < 4.78 is 64.3. The molecule has 1 fully saturated rings. The first-order valence-corrected chi connectivity index (χ1v) is 7.97. The molecule has 1 aromatic carbocycles. The normalized spacial score (nSPS) is 20.6. The summed E-state index contributed by atoms with van der Waals surface area (Å²) in [5.74, 6) is 0. The minimum absolute atomic E-state index is 0.116. The number of hydrogen-bond acceptors (Lipinski definition) is 4. The lowest BCUT2D eigenvalue weighted by molar-refractivity contribution is -0.137. The van der Waals surface area contributed by atoms with Crippen LogP contribution in [0.5, 0.6) is 0 Å². The quantitative estimate of drug-likeness (QED) is 0.892. The minimum Gasteiger partial charge on any atom is -0.327 e. The van der Waals surface area contributed by atoms with Crippen molar-refractivity contribution in [2.75, 3.05) is 13.1 Å². The molecule has 1 unspecified atom stereocenters. The van der Waals surface area contributed by atoms with Crippen molar-refractivity contribution in [2.45, 2.75) is 30.0 Å². The van der Waals surface area contributed by atoms with Gasteiger partial charge < -0.3 is 5.73 Å². The summed E-state index contributed by atoms with van der Waals surface area (Å²) in [7, 11) is -3.95. The minimum atomic E-state index is -4.71. The van der Waals surface area contributed by atoms with Gasteiger partial charge in [-0.1, -0.05) is 0 Å². The van der Waals surface area contributed by atoms with Gasteiger partial charge in [0.25, 0.3) is 0 Å². The van der Waals surface area contributed by atoms with E-state index in [1.165, 1.54) is 6.07 Å². The lowest BCUT2D eigenvalue weighted by Crippen LogP contribution is -2.45. The van der Waals surface area contributed by atoms with Crippen LogP contribution in [0.4, 0.5) is 13.2 Å². The first-order valence-electron chi connectivity index (χ1n) is 6.53. The highest BCUT2D eigenvalue weighted by molar-refractivity contribution is 7.89. The Morgan fingerprint density at radius 1 is 1.36 bits per heavy atom. The zero-order chi connectivity index (χ0) is 16.5. The van der Waals surface area contributed by atoms with Crippen molar-refractivity contribution in [1.82, 2.24) is 4.31 Å². The Bertz CT molecular complexity index is 710. The standard InChI is InChI=1S/C13H14F3N3O2S/c14-13(15,16)12-4-3-11(6-9(12)7-17)22(20,21)19-5-1-2-10(18)8-19/h3-4,6,10H,1-2,5,8,18H2. The fraction of sp³-hybridized carbons (Fsp3) is 0.462. The van der Waals surface area contributed by atoms with Crippen LogP contribution in [-0.4, -0.2) is 31.9 Å². The van der Waals surface area contributed by atoms with Crippen molar-refractivity contribution in [3.63, 3.8) is 0 Å². The molecule has 1 atom stereocenters. The van der Waals surface area contributed by atoms with E-state index in [-0.39, 0.29) is 24.0 Å². The fourth-order valence-corrected chi connectivity index (χ4v) is 3.93. The van der Waals surface area contributed by atoms with Crippen molar-refractivity contribution < 1.29 is 21.6 Å². The maximum Gasteiger partial charge on any atom is 0.417 e. The molecule has 1 aliphatic rings. The predicted molar refractivity (Wildman–Crippen MR) is 72.1 cm³/mol. The van der Waals surface area contributed by atoms with Crippen LogP contribution in [0.25, 0.3) is 0 Å². The number of benzene rings is 1. The highest BCUT2D eigenvalue weighted by Crippen LogP contribution is 2.33. The Morgan fingerprint density at radius 2 is 2.05 bits per heavy atom. The molecule has 1 heterocycles. The van der Waals surface area contributed by atoms with Crippen molar-refractivity contribution in [1.29, 1.82) is 5.26 Å². The van der Waals surface area contributed by atoms with Crippen LogP contribution in [0, 0.1) is 11.3 Å². The summed E-state index contributed by atoms with van der Waals surface area (Å²) in [6, 6.07) is 3.36. The summed E-state index contributed by atoms with van der Waals surface area (Å²) in [5.41, 5.74) is 3.87. The number of hydrogen-bond donors (Lipinski definition) is 1. The van der Waals surface area contributed by atoms with Gasteiger partial charge in [-0.05, 0) is 31.0 Å². The zero-order valence-electron chi connectivity index (χ0n) is 11.5. The lowest BCUT2D eigenvalue weighted by atomic mass is 10.1. The molecular formula is C13H14F3N3O2S. The maximum absolute atomic E-state index is 12.7. The van der Waals surface area contributed by atoms with E-state index in [1.807, 2.05) is 0 Å². The first-order chi connectivity index (χ1) is 10.2. The lowest BCUT2D eigenvalue weighted by Gasteiger charge is -2.30. The molecule has 5 nitrogen and oxygen atoms in total. The topological polar surface area (TPSA) is 87.2 Å². The molecule has 2 N–H and O–H groups in total. The molecule has 0 spiro atoms. The van der Waals surface area contributed by atoms with Gasteiger partial charge >= 0.3 is 6.18 Å². The third-order valence-electron chi connectivity index (χ3n) is 3.48. The number of nitrogens with two attached hydrogens (primary N) is 1. The second-order valence-corrected chi connectivity index (χ2v) is 7.02. The Morgan fingerprint density at radius 3 is 2.59 bits per heavy atom. The molecule has 1 saturated heterocycles. The molecule has 9 heteroatoms. The van der Waals surface area contributed by atoms with Crippen LogP contribution >= 0.6 is 0 Å². The van der Waals surface area contributed by atoms with E-state index in [1.54, 1.807) is 0 Å². The maximum atomic E-state index is 12.7. The summed E-state index contributed by atoms with van der Waals surface area (Å²) in [6.07, 6.45) is -3.42. The van der Waals surface area contributed by atoms with E-state index in [0.717, 1.165) is 16.4 Å². The van der Waals surface area contributed by atoms with Crippen LogP contribution in [0.15, 0.2) is 23.1 Å². The van der Waals surface area contributed by atoms with Crippen molar-refractivity contribution in [2.24, 2.45) is 5.73 Å². The van der Waals surface area contributed by atoms with Gasteiger partial charge in [-0.3, -0.25) is 0 Å². The molecular weight excluding hydrogens is 319 g/mol. The average Bonchev–Trinajstić information content (AvgIpc) is 2.45. The van der Waals surface area contributed by atoms with Crippen LogP contribution in [0.2, 0.25) is 0 Å². The highest BCUT2D eigenvalue weighted by atomic mass is 32.2. The van der Waals surface area contributed by atoms with E-state index < -0.39 is 27.3 Å². The number of nitriles is 1. The highest BCUT2D eigenvalue weighted by Gasteiger charge is 2.35. The Labute approximate surface area is 126 Å². The summed E-state index contributed by atoms with van der Waals surface area (Å²) in [6.45, 7) is 0.379. The van der Waals surface area contributed by atoms with E-state index >= 15 is 0 Å². The molecule has 0 saturated carbocycles. The monoisotopic (exact) mass is 333 g/mol. The Balaban J connectivity index is 2.43. The van der Waals surface area contributed by atoms with Gasteiger partial charge in [-0.25, -0.2) is 8.42 Å². The molecule has 22 heavy (non-hydrogen) atoms. The molecule has 1 aliphatic heterocycles. The molecule has 2 rings (SSSR count). The third kappa shape index (κ3) is 3.24. The molecule has 0 bridgehead atoms. The summed E-state index contributed by atoms with van der Waals surface area (Å²) in [4.78, 5) is -0.328. The fourth-order valence-electron chi connectivity index (χ4n) is 2.36. The third-order valence-corrected chi connectivity index (χ3v) is 5.34. The second-order valence-electron chi connectivity index (χ2n) is 5.08. The molecule has 0 amide bonds. The average molecular weight is 333 g/mol. The summed E-state index contributed by atoms with van der Waals surface area (Å²) >= 11 is 0. The first kappa shape index (κ1) is 16.7. The molecule has 0 aliphatic carbocycles. The van der Waals surface area contributed by atoms with E-state index in [0.29, 0.717) is 18.9 Å². The Hall–Kier alpha value is -1.63. The SMILES string of the molecule is N#Cc1cc(S(=O)(=O)N2CCCC(N)C2)ccc1C(F)(F)F. The van der Waals surface area contributed by atoms with Crippen molar-refractivity contribution in [3.05, 3.63) is 29.3 Å². The summed E-state index contributed by atoms with van der Waals surface area (Å²) in [5, 5.41) is 8.85. The van der Waals surface area contributed by atoms with Gasteiger partial charge in [0.1, 0.15) is 0 Å². The number of nitrogens with zero attached hydrogens (tertiary/aromatic N) is 2. The largest absolute Gasteiger partial charge is 0.417 e. The van der Waals surface area contributed by atoms with Crippen LogP contribution in [-0.2, 0) is 16.2 Å². The number of rotatable bonds is 2.